The molecule has 118 valence electrons. The van der Waals surface area contributed by atoms with Gasteiger partial charge in [-0.05, 0) is 41.8 Å². The molecule has 1 aliphatic rings. The molecular weight excluding hydrogens is 314 g/mol. The van der Waals surface area contributed by atoms with Crippen LogP contribution in [0.5, 0.6) is 0 Å². The molecule has 23 heavy (non-hydrogen) atoms. The summed E-state index contributed by atoms with van der Waals surface area (Å²) in [5.41, 5.74) is 2.34. The average molecular weight is 329 g/mol. The SMILES string of the molecule is NS(=O)(=O)c1ccc2c(c1)N(C(=O)C=Cc1cccnc1)CC2. The molecule has 1 aromatic heterocycles. The third-order valence-corrected chi connectivity index (χ3v) is 4.56. The number of amides is 1. The van der Waals surface area contributed by atoms with Crippen molar-refractivity contribution in [2.75, 3.05) is 11.4 Å². The van der Waals surface area contributed by atoms with Crippen LogP contribution in [0.15, 0.2) is 53.7 Å². The van der Waals surface area contributed by atoms with Gasteiger partial charge in [0, 0.05) is 30.7 Å². The Morgan fingerprint density at radius 1 is 1.30 bits per heavy atom. The summed E-state index contributed by atoms with van der Waals surface area (Å²) in [5.74, 6) is -0.209. The largest absolute Gasteiger partial charge is 0.308 e. The first kappa shape index (κ1) is 15.4. The standard InChI is InChI=1S/C16H15N3O3S/c17-23(21,22)14-5-4-13-7-9-19(15(13)10-14)16(20)6-3-12-2-1-8-18-11-12/h1-6,8,10-11H,7,9H2,(H2,17,21,22). The Bertz CT molecular complexity index is 877. The molecule has 1 aliphatic heterocycles. The quantitative estimate of drug-likeness (QED) is 0.860. The van der Waals surface area contributed by atoms with Gasteiger partial charge in [-0.15, -0.1) is 0 Å². The maximum Gasteiger partial charge on any atom is 0.251 e. The van der Waals surface area contributed by atoms with E-state index in [2.05, 4.69) is 4.98 Å². The molecule has 2 aromatic rings. The fourth-order valence-corrected chi connectivity index (χ4v) is 3.03. The van der Waals surface area contributed by atoms with Crippen molar-refractivity contribution < 1.29 is 13.2 Å². The molecule has 0 unspecified atom stereocenters. The minimum Gasteiger partial charge on any atom is -0.308 e. The van der Waals surface area contributed by atoms with E-state index in [1.54, 1.807) is 35.5 Å². The Labute approximate surface area is 134 Å². The third-order valence-electron chi connectivity index (χ3n) is 3.65. The van der Waals surface area contributed by atoms with E-state index in [0.29, 0.717) is 18.7 Å². The number of nitrogens with zero attached hydrogens (tertiary/aromatic N) is 2. The van der Waals surface area contributed by atoms with Crippen LogP contribution in [0.3, 0.4) is 0 Å². The van der Waals surface area contributed by atoms with E-state index in [0.717, 1.165) is 11.1 Å². The molecule has 0 bridgehead atoms. The van der Waals surface area contributed by atoms with E-state index in [1.165, 1.54) is 18.2 Å². The van der Waals surface area contributed by atoms with Crippen molar-refractivity contribution in [3.63, 3.8) is 0 Å². The molecular formula is C16H15N3O3S. The molecule has 0 saturated heterocycles. The van der Waals surface area contributed by atoms with Gasteiger partial charge in [-0.2, -0.15) is 0 Å². The predicted molar refractivity (Wildman–Crippen MR) is 87.1 cm³/mol. The van der Waals surface area contributed by atoms with Crippen LogP contribution in [-0.2, 0) is 21.2 Å². The van der Waals surface area contributed by atoms with Crippen LogP contribution in [-0.4, -0.2) is 25.9 Å². The summed E-state index contributed by atoms with van der Waals surface area (Å²) in [6, 6.07) is 8.25. The van der Waals surface area contributed by atoms with Gasteiger partial charge in [0.2, 0.25) is 10.0 Å². The summed E-state index contributed by atoms with van der Waals surface area (Å²) in [6.45, 7) is 0.514. The van der Waals surface area contributed by atoms with Gasteiger partial charge in [0.05, 0.1) is 4.90 Å². The molecule has 6 nitrogen and oxygen atoms in total. The number of carbonyl (C=O) groups excluding carboxylic acids is 1. The van der Waals surface area contributed by atoms with E-state index in [-0.39, 0.29) is 10.8 Å². The highest BCUT2D eigenvalue weighted by Gasteiger charge is 2.24. The van der Waals surface area contributed by atoms with E-state index < -0.39 is 10.0 Å². The summed E-state index contributed by atoms with van der Waals surface area (Å²) in [6.07, 6.45) is 7.13. The molecule has 3 rings (SSSR count). The van der Waals surface area contributed by atoms with Crippen molar-refractivity contribution in [3.8, 4) is 0 Å². The van der Waals surface area contributed by atoms with Gasteiger partial charge >= 0.3 is 0 Å². The molecule has 0 saturated carbocycles. The first-order chi connectivity index (χ1) is 10.9. The second kappa shape index (κ2) is 5.94. The summed E-state index contributed by atoms with van der Waals surface area (Å²) < 4.78 is 22.9. The number of sulfonamides is 1. The Hall–Kier alpha value is -2.51. The fourth-order valence-electron chi connectivity index (χ4n) is 2.50. The van der Waals surface area contributed by atoms with Crippen LogP contribution in [0.4, 0.5) is 5.69 Å². The lowest BCUT2D eigenvalue weighted by Gasteiger charge is -2.15. The monoisotopic (exact) mass is 329 g/mol. The van der Waals surface area contributed by atoms with Crippen LogP contribution in [0.2, 0.25) is 0 Å². The summed E-state index contributed by atoms with van der Waals surface area (Å²) >= 11 is 0. The van der Waals surface area contributed by atoms with E-state index in [1.807, 2.05) is 6.07 Å². The zero-order valence-electron chi connectivity index (χ0n) is 12.2. The van der Waals surface area contributed by atoms with Crippen molar-refractivity contribution in [1.82, 2.24) is 4.98 Å². The Balaban J connectivity index is 1.87. The molecule has 0 radical (unpaired) electrons. The molecule has 0 aliphatic carbocycles. The Morgan fingerprint density at radius 3 is 2.83 bits per heavy atom. The molecule has 1 amide bonds. The number of pyridine rings is 1. The number of hydrogen-bond acceptors (Lipinski definition) is 4. The normalized spacial score (nSPS) is 14.2. The lowest BCUT2D eigenvalue weighted by Crippen LogP contribution is -2.27. The lowest BCUT2D eigenvalue weighted by atomic mass is 10.2. The zero-order chi connectivity index (χ0) is 16.4. The molecule has 1 aromatic carbocycles. The first-order valence-corrected chi connectivity index (χ1v) is 8.55. The minimum absolute atomic E-state index is 0.00666. The molecule has 0 spiro atoms. The number of benzene rings is 1. The third kappa shape index (κ3) is 3.30. The van der Waals surface area contributed by atoms with Crippen LogP contribution in [0, 0.1) is 0 Å². The second-order valence-corrected chi connectivity index (χ2v) is 6.76. The van der Waals surface area contributed by atoms with E-state index in [9.17, 15) is 13.2 Å². The van der Waals surface area contributed by atoms with E-state index >= 15 is 0 Å². The summed E-state index contributed by atoms with van der Waals surface area (Å²) in [4.78, 5) is 17.9. The van der Waals surface area contributed by atoms with Crippen LogP contribution in [0.1, 0.15) is 11.1 Å². The number of primary sulfonamides is 1. The van der Waals surface area contributed by atoms with Gasteiger partial charge < -0.3 is 4.90 Å². The second-order valence-electron chi connectivity index (χ2n) is 5.20. The van der Waals surface area contributed by atoms with Crippen LogP contribution < -0.4 is 10.0 Å². The van der Waals surface area contributed by atoms with Gasteiger partial charge in [0.15, 0.2) is 0 Å². The fraction of sp³-hybridized carbons (Fsp3) is 0.125. The van der Waals surface area contributed by atoms with Crippen molar-refractivity contribution in [2.45, 2.75) is 11.3 Å². The van der Waals surface area contributed by atoms with Gasteiger partial charge in [0.25, 0.3) is 5.91 Å². The maximum absolute atomic E-state index is 12.4. The van der Waals surface area contributed by atoms with Crippen LogP contribution >= 0.6 is 0 Å². The zero-order valence-corrected chi connectivity index (χ0v) is 13.0. The Kier molecular flexibility index (Phi) is 3.97. The number of carbonyl (C=O) groups is 1. The van der Waals surface area contributed by atoms with E-state index in [4.69, 9.17) is 5.14 Å². The highest BCUT2D eigenvalue weighted by molar-refractivity contribution is 7.89. The minimum atomic E-state index is -3.79. The highest BCUT2D eigenvalue weighted by Crippen LogP contribution is 2.30. The smallest absolute Gasteiger partial charge is 0.251 e. The average Bonchev–Trinajstić information content (AvgIpc) is 2.96. The van der Waals surface area contributed by atoms with Crippen LogP contribution in [0.25, 0.3) is 6.08 Å². The molecule has 2 heterocycles. The first-order valence-electron chi connectivity index (χ1n) is 7.00. The number of nitrogens with two attached hydrogens (primary N) is 1. The molecule has 2 N–H and O–H groups in total. The molecule has 0 fully saturated rings. The topological polar surface area (TPSA) is 93.4 Å². The van der Waals surface area contributed by atoms with Crippen molar-refractivity contribution in [3.05, 3.63) is 59.9 Å². The van der Waals surface area contributed by atoms with Crippen molar-refractivity contribution in [1.29, 1.82) is 0 Å². The summed E-state index contributed by atoms with van der Waals surface area (Å²) in [7, 11) is -3.79. The maximum atomic E-state index is 12.4. The lowest BCUT2D eigenvalue weighted by molar-refractivity contribution is -0.114. The molecule has 7 heteroatoms. The van der Waals surface area contributed by atoms with Crippen molar-refractivity contribution in [2.24, 2.45) is 5.14 Å². The number of anilines is 1. The number of hydrogen-bond donors (Lipinski definition) is 1. The highest BCUT2D eigenvalue weighted by atomic mass is 32.2. The van der Waals surface area contributed by atoms with Gasteiger partial charge in [0.1, 0.15) is 0 Å². The number of rotatable bonds is 3. The van der Waals surface area contributed by atoms with Crippen molar-refractivity contribution >= 4 is 27.7 Å². The number of aromatic nitrogens is 1. The predicted octanol–water partition coefficient (Wildman–Crippen LogP) is 1.33. The molecule has 0 atom stereocenters. The summed E-state index contributed by atoms with van der Waals surface area (Å²) in [5, 5.41) is 5.15. The Morgan fingerprint density at radius 2 is 2.13 bits per heavy atom. The van der Waals surface area contributed by atoms with Gasteiger partial charge in [-0.25, -0.2) is 13.6 Å². The van der Waals surface area contributed by atoms with Gasteiger partial charge in [-0.3, -0.25) is 9.78 Å². The van der Waals surface area contributed by atoms with Gasteiger partial charge in [-0.1, -0.05) is 12.1 Å². The number of fused-ring (bicyclic) bond motifs is 1.